The average molecular weight is 537 g/mol. The van der Waals surface area contributed by atoms with Crippen LogP contribution in [0.2, 0.25) is 0 Å². The monoisotopic (exact) mass is 536 g/mol. The highest BCUT2D eigenvalue weighted by atomic mass is 32.1. The molecule has 13 heteroatoms. The maximum atomic E-state index is 14.3. The van der Waals surface area contributed by atoms with Crippen LogP contribution in [0.5, 0.6) is 0 Å². The van der Waals surface area contributed by atoms with Crippen molar-refractivity contribution in [1.82, 2.24) is 14.8 Å². The van der Waals surface area contributed by atoms with Gasteiger partial charge in [-0.1, -0.05) is 0 Å². The van der Waals surface area contributed by atoms with Crippen molar-refractivity contribution >= 4 is 46.3 Å². The lowest BCUT2D eigenvalue weighted by Crippen LogP contribution is -2.43. The van der Waals surface area contributed by atoms with E-state index in [2.05, 4.69) is 16.0 Å². The molecule has 1 aromatic heterocycles. The molecule has 3 N–H and O–H groups in total. The lowest BCUT2D eigenvalue weighted by atomic mass is 10.1. The molecular weight excluding hydrogens is 509 g/mol. The molecule has 9 nitrogen and oxygen atoms in total. The molecule has 2 heterocycles. The van der Waals surface area contributed by atoms with Gasteiger partial charge in [-0.15, -0.1) is 11.3 Å². The first-order chi connectivity index (χ1) is 17.6. The van der Waals surface area contributed by atoms with Crippen molar-refractivity contribution in [3.8, 4) is 6.07 Å². The van der Waals surface area contributed by atoms with Crippen molar-refractivity contribution < 1.29 is 22.8 Å². The third-order valence-corrected chi connectivity index (χ3v) is 6.81. The summed E-state index contributed by atoms with van der Waals surface area (Å²) < 4.78 is 42.7. The molecule has 0 spiro atoms. The van der Waals surface area contributed by atoms with Gasteiger partial charge in [-0.3, -0.25) is 23.9 Å². The van der Waals surface area contributed by atoms with Crippen LogP contribution in [-0.2, 0) is 16.1 Å². The summed E-state index contributed by atoms with van der Waals surface area (Å²) in [5.41, 5.74) is -0.329. The van der Waals surface area contributed by atoms with Gasteiger partial charge in [0.25, 0.3) is 17.4 Å². The fraction of sp³-hybridized carbons (Fsp3) is 0.417. The minimum atomic E-state index is -2.73. The molecular formula is C24H27F3N6O3S. The fourth-order valence-electron chi connectivity index (χ4n) is 3.73. The third-order valence-electron chi connectivity index (χ3n) is 5.68. The molecule has 198 valence electrons. The summed E-state index contributed by atoms with van der Waals surface area (Å²) in [6.45, 7) is 3.99. The van der Waals surface area contributed by atoms with E-state index in [4.69, 9.17) is 0 Å². The highest BCUT2D eigenvalue weighted by Crippen LogP contribution is 2.27. The minimum Gasteiger partial charge on any atom is -0.360 e. The highest BCUT2D eigenvalue weighted by molar-refractivity contribution is 7.07. The number of carbonyl (C=O) groups excluding carboxylic acids is 2. The number of nitriles is 1. The van der Waals surface area contributed by atoms with Crippen LogP contribution >= 0.6 is 11.3 Å². The van der Waals surface area contributed by atoms with E-state index in [0.717, 1.165) is 17.4 Å². The Morgan fingerprint density at radius 1 is 1.24 bits per heavy atom. The van der Waals surface area contributed by atoms with Gasteiger partial charge in [0.1, 0.15) is 21.1 Å². The number of nitrogens with one attached hydrogen (secondary N) is 3. The number of hydrogen-bond acceptors (Lipinski definition) is 7. The molecule has 0 unspecified atom stereocenters. The molecule has 0 aliphatic carbocycles. The number of aromatic nitrogens is 1. The number of halogens is 3. The molecule has 0 bridgehead atoms. The first-order valence-corrected chi connectivity index (χ1v) is 12.5. The van der Waals surface area contributed by atoms with Crippen LogP contribution in [0.15, 0.2) is 23.0 Å². The number of alkyl halides is 2. The van der Waals surface area contributed by atoms with Gasteiger partial charge in [0.2, 0.25) is 5.91 Å². The van der Waals surface area contributed by atoms with Gasteiger partial charge < -0.3 is 16.0 Å². The zero-order valence-corrected chi connectivity index (χ0v) is 21.2. The van der Waals surface area contributed by atoms with E-state index >= 15 is 0 Å². The van der Waals surface area contributed by atoms with E-state index in [9.17, 15) is 32.8 Å². The molecule has 2 aromatic rings. The minimum absolute atomic E-state index is 0.0720. The topological polar surface area (TPSA) is 119 Å². The summed E-state index contributed by atoms with van der Waals surface area (Å²) >= 11 is 0.963. The molecule has 1 aliphatic heterocycles. The number of thiazole rings is 1. The summed E-state index contributed by atoms with van der Waals surface area (Å²) in [5.74, 6) is -4.53. The second-order valence-electron chi connectivity index (χ2n) is 8.33. The molecule has 37 heavy (non-hydrogen) atoms. The van der Waals surface area contributed by atoms with Gasteiger partial charge >= 0.3 is 0 Å². The molecule has 2 amide bonds. The van der Waals surface area contributed by atoms with Gasteiger partial charge in [0, 0.05) is 50.9 Å². The maximum absolute atomic E-state index is 14.3. The molecule has 1 aromatic carbocycles. The van der Waals surface area contributed by atoms with Crippen LogP contribution in [0.25, 0.3) is 11.8 Å². The number of anilines is 2. The largest absolute Gasteiger partial charge is 0.360 e. The Hall–Kier alpha value is -3.63. The number of likely N-dealkylation sites (tertiary alicyclic amines) is 1. The SMILES string of the molecule is CCNC(=O)/C(C#N)=c1\s/c(=C/Nc2ccc(F)c(NC(=O)CN3CCC(F)(F)CC3)c2)c(=O)n1CC. The summed E-state index contributed by atoms with van der Waals surface area (Å²) in [5, 5.41) is 17.4. The Labute approximate surface area is 214 Å². The van der Waals surface area contributed by atoms with Crippen molar-refractivity contribution in [3.05, 3.63) is 43.6 Å². The van der Waals surface area contributed by atoms with Gasteiger partial charge in [-0.2, -0.15) is 5.26 Å². The highest BCUT2D eigenvalue weighted by Gasteiger charge is 2.34. The summed E-state index contributed by atoms with van der Waals surface area (Å²) in [6, 6.07) is 5.73. The van der Waals surface area contributed by atoms with Crippen LogP contribution in [-0.4, -0.2) is 53.4 Å². The number of hydrogen-bond donors (Lipinski definition) is 3. The Balaban J connectivity index is 1.80. The average Bonchev–Trinajstić information content (AvgIpc) is 3.16. The molecule has 0 atom stereocenters. The van der Waals surface area contributed by atoms with E-state index in [-0.39, 0.29) is 59.5 Å². The van der Waals surface area contributed by atoms with Gasteiger partial charge in [-0.05, 0) is 32.0 Å². The van der Waals surface area contributed by atoms with Crippen LogP contribution < -0.4 is 30.7 Å². The van der Waals surface area contributed by atoms with Crippen molar-refractivity contribution in [2.75, 3.05) is 36.8 Å². The number of amides is 2. The van der Waals surface area contributed by atoms with Gasteiger partial charge in [0.05, 0.1) is 12.2 Å². The van der Waals surface area contributed by atoms with Gasteiger partial charge in [0.15, 0.2) is 5.57 Å². The summed E-state index contributed by atoms with van der Waals surface area (Å²) in [4.78, 5) is 39.0. The quantitative estimate of drug-likeness (QED) is 0.469. The van der Waals surface area contributed by atoms with E-state index in [1.54, 1.807) is 18.7 Å². The van der Waals surface area contributed by atoms with E-state index in [0.29, 0.717) is 12.2 Å². The summed E-state index contributed by atoms with van der Waals surface area (Å²) in [7, 11) is 0. The second kappa shape index (κ2) is 12.1. The number of rotatable bonds is 8. The first-order valence-electron chi connectivity index (χ1n) is 11.7. The van der Waals surface area contributed by atoms with Gasteiger partial charge in [-0.25, -0.2) is 13.2 Å². The fourth-order valence-corrected chi connectivity index (χ4v) is 4.81. The first kappa shape index (κ1) is 27.9. The molecule has 1 fully saturated rings. The zero-order chi connectivity index (χ0) is 27.2. The van der Waals surface area contributed by atoms with E-state index in [1.807, 2.05) is 6.07 Å². The molecule has 0 saturated carbocycles. The molecule has 1 saturated heterocycles. The van der Waals surface area contributed by atoms with Crippen LogP contribution in [0, 0.1) is 17.1 Å². The maximum Gasteiger partial charge on any atom is 0.270 e. The van der Waals surface area contributed by atoms with Crippen molar-refractivity contribution in [2.45, 2.75) is 39.2 Å². The van der Waals surface area contributed by atoms with Crippen molar-refractivity contribution in [3.63, 3.8) is 0 Å². The Kier molecular flexibility index (Phi) is 9.12. The number of benzene rings is 1. The second-order valence-corrected chi connectivity index (χ2v) is 9.36. The Morgan fingerprint density at radius 3 is 2.57 bits per heavy atom. The Morgan fingerprint density at radius 2 is 1.95 bits per heavy atom. The van der Waals surface area contributed by atoms with Crippen LogP contribution in [0.3, 0.4) is 0 Å². The number of carbonyl (C=O) groups is 2. The third kappa shape index (κ3) is 6.99. The van der Waals surface area contributed by atoms with E-state index in [1.165, 1.54) is 22.9 Å². The van der Waals surface area contributed by atoms with Crippen molar-refractivity contribution in [2.24, 2.45) is 0 Å². The van der Waals surface area contributed by atoms with Crippen LogP contribution in [0.4, 0.5) is 24.5 Å². The lowest BCUT2D eigenvalue weighted by molar-refractivity contribution is -0.119. The normalized spacial score (nSPS) is 16.6. The number of nitrogens with zero attached hydrogens (tertiary/aromatic N) is 3. The summed E-state index contributed by atoms with van der Waals surface area (Å²) in [6.07, 6.45) is 0.720. The zero-order valence-electron chi connectivity index (χ0n) is 20.4. The lowest BCUT2D eigenvalue weighted by Gasteiger charge is -2.31. The smallest absolute Gasteiger partial charge is 0.270 e. The standard InChI is InChI=1S/C24H27F3N6O3S/c1-3-29-21(35)16(12-28)23-33(4-2)22(36)19(37-23)13-30-15-5-6-17(25)18(11-15)31-20(34)14-32-9-7-24(26,27)8-10-32/h5-6,11,13,30H,3-4,7-10,14H2,1-2H3,(H,29,35)(H,31,34)/b19-13+,23-16-. The van der Waals surface area contributed by atoms with Crippen LogP contribution in [0.1, 0.15) is 26.7 Å². The molecule has 3 rings (SSSR count). The number of piperidine rings is 1. The molecule has 0 radical (unpaired) electrons. The predicted molar refractivity (Wildman–Crippen MR) is 135 cm³/mol. The predicted octanol–water partition coefficient (Wildman–Crippen LogP) is 1.40. The Bertz CT molecular complexity index is 1390. The van der Waals surface area contributed by atoms with E-state index < -0.39 is 29.1 Å². The van der Waals surface area contributed by atoms with Crippen molar-refractivity contribution in [1.29, 1.82) is 5.26 Å². The molecule has 1 aliphatic rings.